The maximum Gasteiger partial charge on any atom is 0.129 e. The number of nitrogens with two attached hydrogens (primary N) is 1. The molecule has 2 heterocycles. The number of nitrogens with zero attached hydrogens (tertiary/aromatic N) is 2. The Kier molecular flexibility index (Phi) is 4.46. The molecular weight excluding hydrogens is 284 g/mol. The van der Waals surface area contributed by atoms with Gasteiger partial charge in [0.1, 0.15) is 5.75 Å². The Balaban J connectivity index is 2.44. The summed E-state index contributed by atoms with van der Waals surface area (Å²) in [6.45, 7) is 4.10. The van der Waals surface area contributed by atoms with Crippen molar-refractivity contribution >= 4 is 22.9 Å². The lowest BCUT2D eigenvalue weighted by Gasteiger charge is -2.19. The summed E-state index contributed by atoms with van der Waals surface area (Å²) in [5, 5.41) is 6.83. The molecule has 104 valence electrons. The first-order chi connectivity index (χ1) is 9.08. The van der Waals surface area contributed by atoms with Gasteiger partial charge in [-0.2, -0.15) is 5.10 Å². The van der Waals surface area contributed by atoms with Crippen LogP contribution < -0.4 is 16.0 Å². The smallest absolute Gasteiger partial charge is 0.129 e. The molecule has 2 rings (SSSR count). The van der Waals surface area contributed by atoms with Crippen LogP contribution in [0.4, 0.5) is 0 Å². The van der Waals surface area contributed by atoms with E-state index in [0.29, 0.717) is 5.02 Å². The third-order valence-electron chi connectivity index (χ3n) is 2.83. The molecule has 0 saturated heterocycles. The number of methoxy groups -OCH3 is 1. The molecular formula is C12H17ClN4OS. The minimum Gasteiger partial charge on any atom is -0.496 e. The van der Waals surface area contributed by atoms with Crippen molar-refractivity contribution in [2.24, 2.45) is 5.84 Å². The molecule has 0 bridgehead atoms. The first-order valence-electron chi connectivity index (χ1n) is 5.90. The maximum absolute atomic E-state index is 6.25. The van der Waals surface area contributed by atoms with Gasteiger partial charge in [0.25, 0.3) is 0 Å². The van der Waals surface area contributed by atoms with Crippen LogP contribution in [0, 0.1) is 0 Å². The molecule has 1 unspecified atom stereocenters. The van der Waals surface area contributed by atoms with Gasteiger partial charge in [-0.05, 0) is 19.9 Å². The first-order valence-corrected chi connectivity index (χ1v) is 7.15. The van der Waals surface area contributed by atoms with E-state index < -0.39 is 0 Å². The number of ether oxygens (including phenoxy) is 1. The van der Waals surface area contributed by atoms with E-state index in [4.69, 9.17) is 22.2 Å². The molecule has 1 atom stereocenters. The Bertz CT molecular complexity index is 552. The lowest BCUT2D eigenvalue weighted by molar-refractivity contribution is 0.415. The molecule has 0 saturated carbocycles. The van der Waals surface area contributed by atoms with Gasteiger partial charge in [0.2, 0.25) is 0 Å². The topological polar surface area (TPSA) is 65.1 Å². The van der Waals surface area contributed by atoms with Crippen molar-refractivity contribution in [3.05, 3.63) is 33.2 Å². The highest BCUT2D eigenvalue weighted by Gasteiger charge is 2.23. The Hall–Kier alpha value is -1.08. The van der Waals surface area contributed by atoms with E-state index in [2.05, 4.69) is 24.4 Å². The van der Waals surface area contributed by atoms with E-state index in [0.717, 1.165) is 16.3 Å². The molecule has 0 aromatic carbocycles. The minimum atomic E-state index is -0.203. The largest absolute Gasteiger partial charge is 0.496 e. The van der Waals surface area contributed by atoms with Crippen molar-refractivity contribution in [1.82, 2.24) is 15.2 Å². The number of nitrogens with one attached hydrogen (secondary N) is 1. The summed E-state index contributed by atoms with van der Waals surface area (Å²) in [4.78, 5) is 1.03. The lowest BCUT2D eigenvalue weighted by atomic mass is 10.1. The van der Waals surface area contributed by atoms with Crippen molar-refractivity contribution < 1.29 is 4.74 Å². The molecule has 0 amide bonds. The number of thiophene rings is 1. The second kappa shape index (κ2) is 5.92. The number of hydrazine groups is 1. The maximum atomic E-state index is 6.25. The molecule has 2 aromatic heterocycles. The molecule has 0 radical (unpaired) electrons. The van der Waals surface area contributed by atoms with Gasteiger partial charge in [-0.25, -0.2) is 5.43 Å². The van der Waals surface area contributed by atoms with Crippen LogP contribution in [0.1, 0.15) is 36.5 Å². The Labute approximate surface area is 121 Å². The first kappa shape index (κ1) is 14.3. The quantitative estimate of drug-likeness (QED) is 0.658. The summed E-state index contributed by atoms with van der Waals surface area (Å²) in [5.41, 5.74) is 3.67. The molecule has 0 aliphatic rings. The predicted molar refractivity (Wildman–Crippen MR) is 77.7 cm³/mol. The molecule has 7 heteroatoms. The average Bonchev–Trinajstić information content (AvgIpc) is 2.99. The monoisotopic (exact) mass is 300 g/mol. The van der Waals surface area contributed by atoms with Gasteiger partial charge >= 0.3 is 0 Å². The van der Waals surface area contributed by atoms with Crippen LogP contribution in [0.5, 0.6) is 5.75 Å². The van der Waals surface area contributed by atoms with Gasteiger partial charge in [0, 0.05) is 16.3 Å². The van der Waals surface area contributed by atoms with Crippen LogP contribution in [0.3, 0.4) is 0 Å². The summed E-state index contributed by atoms with van der Waals surface area (Å²) >= 11 is 7.81. The molecule has 5 nitrogen and oxygen atoms in total. The van der Waals surface area contributed by atoms with Crippen molar-refractivity contribution in [2.45, 2.75) is 25.9 Å². The highest BCUT2D eigenvalue weighted by atomic mass is 35.5. The molecule has 0 spiro atoms. The van der Waals surface area contributed by atoms with Crippen LogP contribution in [0.15, 0.2) is 17.6 Å². The fraction of sp³-hybridized carbons (Fsp3) is 0.417. The second-order valence-corrected chi connectivity index (χ2v) is 5.75. The van der Waals surface area contributed by atoms with Crippen molar-refractivity contribution in [3.63, 3.8) is 0 Å². The minimum absolute atomic E-state index is 0.203. The van der Waals surface area contributed by atoms with Gasteiger partial charge in [0.05, 0.1) is 30.1 Å². The van der Waals surface area contributed by atoms with E-state index in [9.17, 15) is 0 Å². The Morgan fingerprint density at radius 2 is 2.26 bits per heavy atom. The normalized spacial score (nSPS) is 12.9. The van der Waals surface area contributed by atoms with Gasteiger partial charge in [-0.1, -0.05) is 11.6 Å². The summed E-state index contributed by atoms with van der Waals surface area (Å²) in [6, 6.07) is 1.95. The molecule has 0 aliphatic heterocycles. The van der Waals surface area contributed by atoms with Crippen LogP contribution in [-0.4, -0.2) is 16.9 Å². The number of hydrogen-bond acceptors (Lipinski definition) is 5. The van der Waals surface area contributed by atoms with E-state index in [1.807, 2.05) is 16.1 Å². The summed E-state index contributed by atoms with van der Waals surface area (Å²) in [5.74, 6) is 6.51. The van der Waals surface area contributed by atoms with Gasteiger partial charge < -0.3 is 4.74 Å². The lowest BCUT2D eigenvalue weighted by Crippen LogP contribution is -2.30. The third-order valence-corrected chi connectivity index (χ3v) is 4.10. The zero-order chi connectivity index (χ0) is 14.0. The molecule has 19 heavy (non-hydrogen) atoms. The van der Waals surface area contributed by atoms with E-state index >= 15 is 0 Å². The molecule has 3 N–H and O–H groups in total. The van der Waals surface area contributed by atoms with Gasteiger partial charge in [0.15, 0.2) is 0 Å². The Morgan fingerprint density at radius 1 is 1.53 bits per heavy atom. The average molecular weight is 301 g/mol. The predicted octanol–water partition coefficient (Wildman–Crippen LogP) is 2.74. The second-order valence-electron chi connectivity index (χ2n) is 4.40. The summed E-state index contributed by atoms with van der Waals surface area (Å²) < 4.78 is 7.08. The number of halogens is 1. The molecule has 0 fully saturated rings. The van der Waals surface area contributed by atoms with E-state index in [1.165, 1.54) is 0 Å². The molecule has 2 aromatic rings. The van der Waals surface area contributed by atoms with E-state index in [-0.39, 0.29) is 12.1 Å². The standard InChI is InChI=1S/C12H17ClN4OS/c1-7(2)17-12(9(13)5-15-17)11(16-14)10-4-8(18-3)6-19-10/h4-7,11,16H,14H2,1-3H3. The van der Waals surface area contributed by atoms with Crippen LogP contribution in [0.2, 0.25) is 5.02 Å². The number of aromatic nitrogens is 2. The SMILES string of the molecule is COc1csc(C(NN)c2c(Cl)cnn2C(C)C)c1. The summed E-state index contributed by atoms with van der Waals surface area (Å²) in [7, 11) is 1.64. The highest BCUT2D eigenvalue weighted by Crippen LogP contribution is 2.34. The van der Waals surface area contributed by atoms with Crippen molar-refractivity contribution in [1.29, 1.82) is 0 Å². The fourth-order valence-electron chi connectivity index (χ4n) is 1.92. The third kappa shape index (κ3) is 2.76. The summed E-state index contributed by atoms with van der Waals surface area (Å²) in [6.07, 6.45) is 1.64. The Morgan fingerprint density at radius 3 is 2.79 bits per heavy atom. The van der Waals surface area contributed by atoms with Gasteiger partial charge in [-0.15, -0.1) is 11.3 Å². The zero-order valence-electron chi connectivity index (χ0n) is 11.1. The highest BCUT2D eigenvalue weighted by molar-refractivity contribution is 7.10. The zero-order valence-corrected chi connectivity index (χ0v) is 12.6. The number of rotatable bonds is 5. The number of hydrogen-bond donors (Lipinski definition) is 2. The molecule has 0 aliphatic carbocycles. The van der Waals surface area contributed by atoms with E-state index in [1.54, 1.807) is 24.6 Å². The van der Waals surface area contributed by atoms with Crippen molar-refractivity contribution in [2.75, 3.05) is 7.11 Å². The van der Waals surface area contributed by atoms with Crippen molar-refractivity contribution in [3.8, 4) is 5.75 Å². The van der Waals surface area contributed by atoms with Crippen LogP contribution in [-0.2, 0) is 0 Å². The van der Waals surface area contributed by atoms with Crippen LogP contribution in [0.25, 0.3) is 0 Å². The van der Waals surface area contributed by atoms with Crippen LogP contribution >= 0.6 is 22.9 Å². The fourth-order valence-corrected chi connectivity index (χ4v) is 3.08. The van der Waals surface area contributed by atoms with Gasteiger partial charge in [-0.3, -0.25) is 10.5 Å².